The fourth-order valence-corrected chi connectivity index (χ4v) is 3.57. The van der Waals surface area contributed by atoms with Gasteiger partial charge in [0.15, 0.2) is 0 Å². The summed E-state index contributed by atoms with van der Waals surface area (Å²) in [6.45, 7) is 18.9. The molecule has 154 valence electrons. The molecule has 1 saturated carbocycles. The fourth-order valence-electron chi connectivity index (χ4n) is 2.85. The molecule has 0 aliphatic heterocycles. The SMILES string of the molecule is CN(C)N(Cc1ccccc1)[C](=[Cr])CC1CCCC(=O)C1.[C-]#[O+].[C-]#[O+].[C-]#[O+].[C-]#[O+]. The molecule has 7 nitrogen and oxygen atoms in total. The molecule has 2 rings (SSSR count). The second kappa shape index (κ2) is 22.5. The predicted octanol–water partition coefficient (Wildman–Crippen LogP) is 2.64. The Balaban J connectivity index is -0.000000754. The van der Waals surface area contributed by atoms with Crippen LogP contribution in [0.5, 0.6) is 0 Å². The molecule has 8 heteroatoms. The van der Waals surface area contributed by atoms with E-state index in [0.717, 1.165) is 32.2 Å². The third-order valence-corrected chi connectivity index (χ3v) is 4.58. The molecule has 1 aliphatic carbocycles. The van der Waals surface area contributed by atoms with Crippen molar-refractivity contribution in [1.29, 1.82) is 0 Å². The summed E-state index contributed by atoms with van der Waals surface area (Å²) >= 11 is 3.23. The molecule has 29 heavy (non-hydrogen) atoms. The van der Waals surface area contributed by atoms with Crippen molar-refractivity contribution >= 4 is 10.3 Å². The Kier molecular flexibility index (Phi) is 24.7. The summed E-state index contributed by atoms with van der Waals surface area (Å²) in [7, 11) is 4.12. The van der Waals surface area contributed by atoms with E-state index in [1.807, 2.05) is 6.07 Å². The van der Waals surface area contributed by atoms with Gasteiger partial charge >= 0.3 is 181 Å². The summed E-state index contributed by atoms with van der Waals surface area (Å²) in [5.41, 5.74) is 1.29. The predicted molar refractivity (Wildman–Crippen MR) is 98.0 cm³/mol. The van der Waals surface area contributed by atoms with Gasteiger partial charge in [-0.15, -0.1) is 0 Å². The molecule has 1 unspecified atom stereocenters. The molecule has 0 bridgehead atoms. The van der Waals surface area contributed by atoms with Crippen molar-refractivity contribution in [2.45, 2.75) is 38.6 Å². The molecule has 0 amide bonds. The molecule has 0 aromatic heterocycles. The average Bonchev–Trinajstić information content (AvgIpc) is 2.78. The van der Waals surface area contributed by atoms with Gasteiger partial charge in [0.1, 0.15) is 0 Å². The quantitative estimate of drug-likeness (QED) is 0.389. The van der Waals surface area contributed by atoms with Crippen molar-refractivity contribution in [2.75, 3.05) is 14.1 Å². The number of rotatable bonds is 6. The van der Waals surface area contributed by atoms with Gasteiger partial charge in [0, 0.05) is 0 Å². The Bertz CT molecular complexity index is 629. The number of hydrogen-bond donors (Lipinski definition) is 0. The van der Waals surface area contributed by atoms with E-state index < -0.39 is 0 Å². The molecule has 0 heterocycles. The van der Waals surface area contributed by atoms with Crippen LogP contribution < -0.4 is 0 Å². The molecule has 1 aromatic carbocycles. The number of hydrogen-bond acceptors (Lipinski definition) is 3. The Morgan fingerprint density at radius 3 is 2.00 bits per heavy atom. The Labute approximate surface area is 180 Å². The van der Waals surface area contributed by atoms with Crippen LogP contribution in [0.3, 0.4) is 0 Å². The first-order valence-electron chi connectivity index (χ1n) is 8.41. The van der Waals surface area contributed by atoms with Gasteiger partial charge in [-0.05, 0) is 0 Å². The molecule has 1 aliphatic rings. The van der Waals surface area contributed by atoms with Crippen LogP contribution in [0.2, 0.25) is 0 Å². The van der Waals surface area contributed by atoms with E-state index in [9.17, 15) is 4.79 Å². The minimum atomic E-state index is 0.429. The van der Waals surface area contributed by atoms with Crippen LogP contribution in [0.15, 0.2) is 30.3 Å². The molecule has 0 spiro atoms. The van der Waals surface area contributed by atoms with E-state index >= 15 is 0 Å². The molecule has 0 saturated heterocycles. The Morgan fingerprint density at radius 2 is 1.55 bits per heavy atom. The number of hydrazine groups is 1. The summed E-state index contributed by atoms with van der Waals surface area (Å²) in [6, 6.07) is 10.5. The van der Waals surface area contributed by atoms with Gasteiger partial charge in [0.25, 0.3) is 0 Å². The number of Topliss-reactive ketones (excluding diaryl/α,β-unsaturated/α-hetero) is 1. The first-order chi connectivity index (χ1) is 14.1. The zero-order valence-electron chi connectivity index (χ0n) is 16.6. The molecule has 0 N–H and O–H groups in total. The monoisotopic (exact) mass is 436 g/mol. The number of ketones is 1. The van der Waals surface area contributed by atoms with Gasteiger partial charge in [0.05, 0.1) is 0 Å². The topological polar surface area (TPSA) is 103 Å². The normalized spacial score (nSPS) is 14.2. The third-order valence-electron chi connectivity index (χ3n) is 3.99. The van der Waals surface area contributed by atoms with E-state index in [0.29, 0.717) is 11.7 Å². The van der Waals surface area contributed by atoms with Gasteiger partial charge in [-0.2, -0.15) is 0 Å². The van der Waals surface area contributed by atoms with Crippen LogP contribution in [-0.2, 0) is 45.8 Å². The van der Waals surface area contributed by atoms with Crippen LogP contribution in [0.4, 0.5) is 0 Å². The Morgan fingerprint density at radius 1 is 1.03 bits per heavy atom. The van der Waals surface area contributed by atoms with Gasteiger partial charge in [-0.25, -0.2) is 0 Å². The van der Waals surface area contributed by atoms with Crippen molar-refractivity contribution in [3.63, 3.8) is 0 Å². The van der Waals surface area contributed by atoms with E-state index in [2.05, 4.69) is 90.8 Å². The Hall–Kier alpha value is -1.83. The maximum absolute atomic E-state index is 11.6. The number of carbonyl (C=O) groups excluding carboxylic acids is 1. The third kappa shape index (κ3) is 14.8. The van der Waals surface area contributed by atoms with Gasteiger partial charge < -0.3 is 0 Å². The zero-order chi connectivity index (χ0) is 23.2. The van der Waals surface area contributed by atoms with Crippen molar-refractivity contribution in [1.82, 2.24) is 10.0 Å². The van der Waals surface area contributed by atoms with Crippen molar-refractivity contribution in [3.8, 4) is 0 Å². The first kappa shape index (κ1) is 31.9. The van der Waals surface area contributed by atoms with Crippen LogP contribution >= 0.6 is 0 Å². The van der Waals surface area contributed by atoms with Crippen LogP contribution in [-0.4, -0.2) is 34.4 Å². The fraction of sp³-hybridized carbons (Fsp3) is 0.429. The standard InChI is InChI=1S/C17H24N2O.4CO.Cr/c1-18(2)19(14-16-7-4-3-5-8-16)12-11-15-9-6-10-17(20)13-15;4*1-2;/h3-5,7-8,15H,6,9-11,13-14H2,1-2H3;;;;;. The summed E-state index contributed by atoms with van der Waals surface area (Å²) < 4.78 is 31.2. The second-order valence-corrected chi connectivity index (χ2v) is 6.73. The molecular formula is C21H24CrN2O5. The molecule has 0 radical (unpaired) electrons. The zero-order valence-corrected chi connectivity index (χ0v) is 17.8. The second-order valence-electron chi connectivity index (χ2n) is 5.99. The average molecular weight is 436 g/mol. The first-order valence-corrected chi connectivity index (χ1v) is 9.05. The number of benzene rings is 1. The number of carbonyl (C=O) groups is 1. The summed E-state index contributed by atoms with van der Waals surface area (Å²) in [5.74, 6) is 0.930. The van der Waals surface area contributed by atoms with Crippen molar-refractivity contribution in [3.05, 3.63) is 62.5 Å². The van der Waals surface area contributed by atoms with E-state index in [1.165, 1.54) is 16.5 Å². The maximum atomic E-state index is 11.6. The summed E-state index contributed by atoms with van der Waals surface area (Å²) in [4.78, 5) is 11.6. The van der Waals surface area contributed by atoms with Gasteiger partial charge in [0.2, 0.25) is 0 Å². The minimum absolute atomic E-state index is 0.429. The summed E-state index contributed by atoms with van der Waals surface area (Å²) in [5, 5.41) is 4.37. The van der Waals surface area contributed by atoms with E-state index in [1.54, 1.807) is 0 Å². The molecule has 1 atom stereocenters. The van der Waals surface area contributed by atoms with Gasteiger partial charge in [-0.3, -0.25) is 0 Å². The van der Waals surface area contributed by atoms with Crippen molar-refractivity contribution < 1.29 is 39.3 Å². The van der Waals surface area contributed by atoms with Crippen LogP contribution in [0.1, 0.15) is 37.7 Å². The number of nitrogens with zero attached hydrogens (tertiary/aromatic N) is 2. The van der Waals surface area contributed by atoms with Crippen molar-refractivity contribution in [2.24, 2.45) is 5.92 Å². The summed E-state index contributed by atoms with van der Waals surface area (Å²) in [6.07, 6.45) is 4.72. The molecular weight excluding hydrogens is 412 g/mol. The van der Waals surface area contributed by atoms with E-state index in [-0.39, 0.29) is 0 Å². The molecule has 1 aromatic rings. The molecule has 1 fully saturated rings. The van der Waals surface area contributed by atoms with Crippen LogP contribution in [0.25, 0.3) is 0 Å². The van der Waals surface area contributed by atoms with Crippen LogP contribution in [0, 0.1) is 32.5 Å². The van der Waals surface area contributed by atoms with Gasteiger partial charge in [-0.1, -0.05) is 0 Å². The van der Waals surface area contributed by atoms with E-state index in [4.69, 9.17) is 18.6 Å².